The number of piperidine rings is 1. The Morgan fingerprint density at radius 1 is 1.17 bits per heavy atom. The van der Waals surface area contributed by atoms with Crippen LogP contribution < -0.4 is 10.6 Å². The highest BCUT2D eigenvalue weighted by molar-refractivity contribution is 7.09. The van der Waals surface area contributed by atoms with E-state index in [4.69, 9.17) is 4.74 Å². The van der Waals surface area contributed by atoms with Crippen molar-refractivity contribution < 1.29 is 19.1 Å². The first-order chi connectivity index (χ1) is 13.9. The van der Waals surface area contributed by atoms with E-state index in [0.717, 1.165) is 17.7 Å². The van der Waals surface area contributed by atoms with Gasteiger partial charge in [-0.05, 0) is 51.2 Å². The second kappa shape index (κ2) is 10.2. The molecule has 0 radical (unpaired) electrons. The number of morpholine rings is 1. The van der Waals surface area contributed by atoms with Gasteiger partial charge < -0.3 is 15.0 Å². The molecule has 2 aliphatic rings. The van der Waals surface area contributed by atoms with Crippen molar-refractivity contribution in [3.8, 4) is 0 Å². The molecule has 2 fully saturated rings. The zero-order chi connectivity index (χ0) is 20.8. The Hall–Kier alpha value is -1.97. The fraction of sp³-hybridized carbons (Fsp3) is 0.650. The molecule has 2 atom stereocenters. The summed E-state index contributed by atoms with van der Waals surface area (Å²) in [7, 11) is 0. The summed E-state index contributed by atoms with van der Waals surface area (Å²) in [5.74, 6) is -0.126. The number of carbonyl (C=O) groups is 3. The van der Waals surface area contributed by atoms with Gasteiger partial charge in [-0.15, -0.1) is 11.3 Å². The van der Waals surface area contributed by atoms with Gasteiger partial charge >= 0.3 is 6.03 Å². The number of thiophene rings is 1. The lowest BCUT2D eigenvalue weighted by molar-refractivity contribution is -0.148. The third-order valence-electron chi connectivity index (χ3n) is 5.29. The van der Waals surface area contributed by atoms with Gasteiger partial charge in [-0.3, -0.25) is 19.8 Å². The fourth-order valence-corrected chi connectivity index (χ4v) is 4.59. The molecule has 8 nitrogen and oxygen atoms in total. The topological polar surface area (TPSA) is 91.0 Å². The lowest BCUT2D eigenvalue weighted by Gasteiger charge is -2.39. The molecule has 3 heterocycles. The Balaban J connectivity index is 1.36. The van der Waals surface area contributed by atoms with Gasteiger partial charge in [0, 0.05) is 23.9 Å². The molecule has 3 rings (SSSR count). The highest BCUT2D eigenvalue weighted by Gasteiger charge is 2.33. The smallest absolute Gasteiger partial charge is 0.321 e. The largest absolute Gasteiger partial charge is 0.372 e. The van der Waals surface area contributed by atoms with Crippen molar-refractivity contribution >= 4 is 29.2 Å². The van der Waals surface area contributed by atoms with Crippen molar-refractivity contribution in [2.45, 2.75) is 45.4 Å². The van der Waals surface area contributed by atoms with Gasteiger partial charge in [-0.25, -0.2) is 4.79 Å². The zero-order valence-corrected chi connectivity index (χ0v) is 17.9. The number of hydrogen-bond donors (Lipinski definition) is 2. The highest BCUT2D eigenvalue weighted by Crippen LogP contribution is 2.22. The average Bonchev–Trinajstić information content (AvgIpc) is 3.19. The van der Waals surface area contributed by atoms with Gasteiger partial charge in [-0.1, -0.05) is 6.07 Å². The van der Waals surface area contributed by atoms with E-state index in [1.807, 2.05) is 41.2 Å². The molecule has 2 saturated heterocycles. The number of likely N-dealkylation sites (tertiary alicyclic amines) is 1. The minimum Gasteiger partial charge on any atom is -0.372 e. The van der Waals surface area contributed by atoms with Gasteiger partial charge in [-0.2, -0.15) is 0 Å². The summed E-state index contributed by atoms with van der Waals surface area (Å²) < 4.78 is 5.71. The van der Waals surface area contributed by atoms with Crippen LogP contribution >= 0.6 is 11.3 Å². The number of rotatable bonds is 5. The maximum Gasteiger partial charge on any atom is 0.321 e. The molecule has 4 amide bonds. The molecule has 2 aliphatic heterocycles. The number of hydrogen-bond acceptors (Lipinski definition) is 6. The second-order valence-electron chi connectivity index (χ2n) is 7.86. The van der Waals surface area contributed by atoms with Crippen molar-refractivity contribution in [2.75, 3.05) is 32.7 Å². The summed E-state index contributed by atoms with van der Waals surface area (Å²) >= 11 is 1.55. The molecule has 1 aromatic rings. The predicted octanol–water partition coefficient (Wildman–Crippen LogP) is 1.42. The number of nitrogens with one attached hydrogen (secondary N) is 2. The van der Waals surface area contributed by atoms with Crippen LogP contribution in [0.1, 0.15) is 31.6 Å². The second-order valence-corrected chi connectivity index (χ2v) is 8.89. The third kappa shape index (κ3) is 6.52. The normalized spacial score (nSPS) is 23.6. The molecule has 1 aromatic heterocycles. The Kier molecular flexibility index (Phi) is 7.63. The number of imide groups is 1. The van der Waals surface area contributed by atoms with Crippen LogP contribution in [0, 0.1) is 5.92 Å². The number of urea groups is 1. The lowest BCUT2D eigenvalue weighted by atomic mass is 9.94. The van der Waals surface area contributed by atoms with Gasteiger partial charge in [0.1, 0.15) is 0 Å². The molecule has 0 aliphatic carbocycles. The monoisotopic (exact) mass is 422 g/mol. The molecule has 9 heteroatoms. The van der Waals surface area contributed by atoms with Gasteiger partial charge in [0.25, 0.3) is 0 Å². The first-order valence-corrected chi connectivity index (χ1v) is 11.1. The van der Waals surface area contributed by atoms with Crippen LogP contribution in [0.2, 0.25) is 0 Å². The Bertz CT molecular complexity index is 693. The molecular weight excluding hydrogens is 392 g/mol. The van der Waals surface area contributed by atoms with Crippen LogP contribution in [0.25, 0.3) is 0 Å². The summed E-state index contributed by atoms with van der Waals surface area (Å²) in [6, 6.07) is 3.36. The van der Waals surface area contributed by atoms with Crippen molar-refractivity contribution in [3.63, 3.8) is 0 Å². The molecule has 29 heavy (non-hydrogen) atoms. The fourth-order valence-electron chi connectivity index (χ4n) is 3.95. The van der Waals surface area contributed by atoms with E-state index >= 15 is 0 Å². The molecule has 0 aromatic carbocycles. The Morgan fingerprint density at radius 3 is 2.48 bits per heavy atom. The van der Waals surface area contributed by atoms with Crippen molar-refractivity contribution in [1.82, 2.24) is 20.4 Å². The van der Waals surface area contributed by atoms with Crippen LogP contribution in [-0.4, -0.2) is 72.6 Å². The minimum absolute atomic E-state index is 0.000839. The molecule has 0 saturated carbocycles. The average molecular weight is 423 g/mol. The van der Waals surface area contributed by atoms with E-state index in [9.17, 15) is 14.4 Å². The maximum atomic E-state index is 12.8. The van der Waals surface area contributed by atoms with E-state index in [0.29, 0.717) is 32.7 Å². The van der Waals surface area contributed by atoms with Crippen LogP contribution in [0.3, 0.4) is 0 Å². The summed E-state index contributed by atoms with van der Waals surface area (Å²) in [6.45, 7) is 7.20. The number of ether oxygens (including phenoxy) is 1. The lowest BCUT2D eigenvalue weighted by Crippen LogP contribution is -2.52. The Labute approximate surface area is 175 Å². The highest BCUT2D eigenvalue weighted by atomic mass is 32.1. The van der Waals surface area contributed by atoms with E-state index in [2.05, 4.69) is 10.6 Å². The summed E-state index contributed by atoms with van der Waals surface area (Å²) in [5, 5.41) is 6.99. The molecule has 2 unspecified atom stereocenters. The third-order valence-corrected chi connectivity index (χ3v) is 6.17. The van der Waals surface area contributed by atoms with Crippen LogP contribution in [0.4, 0.5) is 4.79 Å². The summed E-state index contributed by atoms with van der Waals surface area (Å²) in [5.41, 5.74) is 0. The van der Waals surface area contributed by atoms with Gasteiger partial charge in [0.05, 0.1) is 25.3 Å². The summed E-state index contributed by atoms with van der Waals surface area (Å²) in [4.78, 5) is 41.7. The minimum atomic E-state index is -0.482. The Morgan fingerprint density at radius 2 is 1.86 bits per heavy atom. The van der Waals surface area contributed by atoms with Crippen LogP contribution in [0.5, 0.6) is 0 Å². The van der Waals surface area contributed by atoms with Crippen molar-refractivity contribution in [2.24, 2.45) is 5.92 Å². The van der Waals surface area contributed by atoms with Gasteiger partial charge in [0.15, 0.2) is 0 Å². The summed E-state index contributed by atoms with van der Waals surface area (Å²) in [6.07, 6.45) is 1.60. The standard InChI is InChI=1S/C20H30N4O4S/c1-14-11-24(12-15(2)28-14)19(26)16-5-7-23(8-6-16)13-18(25)22-20(27)21-10-17-4-3-9-29-17/h3-4,9,14-16H,5-8,10-13H2,1-2H3,(H2,21,22,25,27). The molecule has 0 spiro atoms. The maximum absolute atomic E-state index is 12.8. The van der Waals surface area contributed by atoms with E-state index in [1.54, 1.807) is 11.3 Å². The van der Waals surface area contributed by atoms with Crippen molar-refractivity contribution in [3.05, 3.63) is 22.4 Å². The van der Waals surface area contributed by atoms with Crippen LogP contribution in [0.15, 0.2) is 17.5 Å². The predicted molar refractivity (Wildman–Crippen MR) is 110 cm³/mol. The molecule has 160 valence electrons. The first-order valence-electron chi connectivity index (χ1n) is 10.2. The number of nitrogens with zero attached hydrogens (tertiary/aromatic N) is 2. The van der Waals surface area contributed by atoms with E-state index in [-0.39, 0.29) is 36.5 Å². The zero-order valence-electron chi connectivity index (χ0n) is 17.1. The molecule has 0 bridgehead atoms. The van der Waals surface area contributed by atoms with Crippen molar-refractivity contribution in [1.29, 1.82) is 0 Å². The quantitative estimate of drug-likeness (QED) is 0.749. The molecule has 2 N–H and O–H groups in total. The number of amides is 4. The molecular formula is C20H30N4O4S. The van der Waals surface area contributed by atoms with E-state index < -0.39 is 6.03 Å². The van der Waals surface area contributed by atoms with Crippen LogP contribution in [-0.2, 0) is 20.9 Å². The SMILES string of the molecule is CC1CN(C(=O)C2CCN(CC(=O)NC(=O)NCc3cccs3)CC2)CC(C)O1. The number of carbonyl (C=O) groups excluding carboxylic acids is 3. The van der Waals surface area contributed by atoms with Gasteiger partial charge in [0.2, 0.25) is 11.8 Å². The van der Waals surface area contributed by atoms with E-state index in [1.165, 1.54) is 0 Å². The first kappa shape index (κ1) is 21.7.